The summed E-state index contributed by atoms with van der Waals surface area (Å²) in [7, 11) is -3.20. The van der Waals surface area contributed by atoms with Gasteiger partial charge >= 0.3 is 0 Å². The minimum absolute atomic E-state index is 0.0778. The molecule has 1 N–H and O–H groups in total. The second-order valence-electron chi connectivity index (χ2n) is 4.54. The molecule has 0 bridgehead atoms. The zero-order chi connectivity index (χ0) is 13.8. The van der Waals surface area contributed by atoms with Crippen LogP contribution in [0, 0.1) is 0 Å². The quantitative estimate of drug-likeness (QED) is 0.851. The average Bonchev–Trinajstić information content (AvgIpc) is 2.29. The second-order valence-corrected chi connectivity index (χ2v) is 7.05. The van der Waals surface area contributed by atoms with Crippen molar-refractivity contribution in [1.82, 2.24) is 5.32 Å². The Labute approximate surface area is 108 Å². The van der Waals surface area contributed by atoms with E-state index < -0.39 is 15.1 Å². The van der Waals surface area contributed by atoms with Gasteiger partial charge in [0, 0.05) is 6.54 Å². The van der Waals surface area contributed by atoms with Crippen molar-refractivity contribution < 1.29 is 13.2 Å². The Morgan fingerprint density at radius 3 is 2.22 bits per heavy atom. The summed E-state index contributed by atoms with van der Waals surface area (Å²) in [6, 6.07) is 6.75. The molecule has 0 saturated heterocycles. The Hall–Kier alpha value is -1.20. The summed E-state index contributed by atoms with van der Waals surface area (Å²) in [4.78, 5) is 11.1. The summed E-state index contributed by atoms with van der Waals surface area (Å²) in [6.45, 7) is 5.73. The molecule has 1 aromatic rings. The number of nitrogens with one attached hydrogen (secondary N) is 1. The van der Waals surface area contributed by atoms with Gasteiger partial charge in [0.05, 0.1) is 16.7 Å². The first-order chi connectivity index (χ1) is 8.34. The number of hydrogen-bond acceptors (Lipinski definition) is 4. The van der Waals surface area contributed by atoms with Crippen LogP contribution in [-0.2, 0) is 21.2 Å². The molecule has 0 radical (unpaired) electrons. The fourth-order valence-electron chi connectivity index (χ4n) is 1.45. The largest absolute Gasteiger partial charge is 0.306 e. The lowest BCUT2D eigenvalue weighted by atomic mass is 10.2. The molecule has 4 nitrogen and oxygen atoms in total. The lowest BCUT2D eigenvalue weighted by Gasteiger charge is -2.08. The third kappa shape index (κ3) is 3.92. The van der Waals surface area contributed by atoms with Crippen LogP contribution in [0.1, 0.15) is 26.3 Å². The Morgan fingerprint density at radius 1 is 1.22 bits per heavy atom. The van der Waals surface area contributed by atoms with Crippen LogP contribution in [-0.4, -0.2) is 26.0 Å². The molecule has 1 aromatic carbocycles. The Bertz CT molecular complexity index is 504. The third-order valence-electron chi connectivity index (χ3n) is 2.58. The molecule has 0 spiro atoms. The molecule has 0 aliphatic heterocycles. The molecule has 0 fully saturated rings. The smallest absolute Gasteiger partial charge is 0.180 e. The van der Waals surface area contributed by atoms with Gasteiger partial charge in [-0.15, -0.1) is 0 Å². The Kier molecular flexibility index (Phi) is 5.04. The lowest BCUT2D eigenvalue weighted by Crippen LogP contribution is -2.20. The van der Waals surface area contributed by atoms with Crippen molar-refractivity contribution in [3.8, 4) is 0 Å². The molecule has 100 valence electrons. The summed E-state index contributed by atoms with van der Waals surface area (Å²) < 4.78 is 23.8. The maximum atomic E-state index is 11.9. The van der Waals surface area contributed by atoms with E-state index in [0.29, 0.717) is 18.0 Å². The van der Waals surface area contributed by atoms with Gasteiger partial charge in [-0.1, -0.05) is 12.1 Å². The Morgan fingerprint density at radius 2 is 1.78 bits per heavy atom. The van der Waals surface area contributed by atoms with E-state index in [-0.39, 0.29) is 5.78 Å². The van der Waals surface area contributed by atoms with Crippen molar-refractivity contribution in [2.45, 2.75) is 37.5 Å². The predicted octanol–water partition coefficient (Wildman–Crippen LogP) is 1.55. The molecule has 1 rings (SSSR count). The number of hydrogen-bond donors (Lipinski definition) is 1. The van der Waals surface area contributed by atoms with Gasteiger partial charge in [0.15, 0.2) is 9.84 Å². The first-order valence-corrected chi connectivity index (χ1v) is 7.41. The summed E-state index contributed by atoms with van der Waals surface area (Å²) in [6.07, 6.45) is 0. The van der Waals surface area contributed by atoms with Gasteiger partial charge in [-0.05, 0) is 38.5 Å². The first kappa shape index (κ1) is 14.9. The van der Waals surface area contributed by atoms with Gasteiger partial charge in [0.1, 0.15) is 5.78 Å². The number of carbonyl (C=O) groups excluding carboxylic acids is 1. The summed E-state index contributed by atoms with van der Waals surface area (Å²) >= 11 is 0. The van der Waals surface area contributed by atoms with Crippen LogP contribution in [0.2, 0.25) is 0 Å². The number of benzene rings is 1. The standard InChI is InChI=1S/C13H19NO3S/c1-10(2)18(16,17)13-6-4-12(5-7-13)9-14-8-11(3)15/h4-7,10,14H,8-9H2,1-3H3. The van der Waals surface area contributed by atoms with Gasteiger partial charge in [-0.2, -0.15) is 0 Å². The minimum atomic E-state index is -3.20. The molecule has 0 unspecified atom stereocenters. The van der Waals surface area contributed by atoms with Gasteiger partial charge in [-0.3, -0.25) is 4.79 Å². The van der Waals surface area contributed by atoms with E-state index in [0.717, 1.165) is 5.56 Å². The van der Waals surface area contributed by atoms with Crippen LogP contribution in [0.25, 0.3) is 0 Å². The van der Waals surface area contributed by atoms with Crippen molar-refractivity contribution in [3.05, 3.63) is 29.8 Å². The number of rotatable bonds is 6. The molecule has 0 aliphatic carbocycles. The molecule has 0 heterocycles. The molecule has 0 amide bonds. The Balaban J connectivity index is 2.72. The van der Waals surface area contributed by atoms with Gasteiger partial charge in [0.25, 0.3) is 0 Å². The van der Waals surface area contributed by atoms with Crippen LogP contribution in [0.4, 0.5) is 0 Å². The van der Waals surface area contributed by atoms with Crippen LogP contribution in [0.5, 0.6) is 0 Å². The van der Waals surface area contributed by atoms with Crippen molar-refractivity contribution in [3.63, 3.8) is 0 Å². The van der Waals surface area contributed by atoms with E-state index in [1.165, 1.54) is 6.92 Å². The topological polar surface area (TPSA) is 63.2 Å². The molecule has 18 heavy (non-hydrogen) atoms. The van der Waals surface area contributed by atoms with Crippen molar-refractivity contribution in [1.29, 1.82) is 0 Å². The van der Waals surface area contributed by atoms with Gasteiger partial charge < -0.3 is 5.32 Å². The molecular formula is C13H19NO3S. The summed E-state index contributed by atoms with van der Waals surface area (Å²) in [5.74, 6) is 0.0778. The third-order valence-corrected chi connectivity index (χ3v) is 4.75. The van der Waals surface area contributed by atoms with E-state index >= 15 is 0 Å². The molecule has 0 aromatic heterocycles. The van der Waals surface area contributed by atoms with Crippen molar-refractivity contribution >= 4 is 15.6 Å². The highest BCUT2D eigenvalue weighted by atomic mass is 32.2. The zero-order valence-corrected chi connectivity index (χ0v) is 11.8. The average molecular weight is 269 g/mol. The number of ketones is 1. The highest BCUT2D eigenvalue weighted by Gasteiger charge is 2.18. The van der Waals surface area contributed by atoms with E-state index in [2.05, 4.69) is 5.32 Å². The van der Waals surface area contributed by atoms with Crippen molar-refractivity contribution in [2.75, 3.05) is 6.54 Å². The minimum Gasteiger partial charge on any atom is -0.306 e. The SMILES string of the molecule is CC(=O)CNCc1ccc(S(=O)(=O)C(C)C)cc1. The number of carbonyl (C=O) groups is 1. The van der Waals surface area contributed by atoms with Crippen LogP contribution in [0.15, 0.2) is 29.2 Å². The van der Waals surface area contributed by atoms with E-state index in [1.54, 1.807) is 38.1 Å². The van der Waals surface area contributed by atoms with Gasteiger partial charge in [0.2, 0.25) is 0 Å². The first-order valence-electron chi connectivity index (χ1n) is 5.87. The van der Waals surface area contributed by atoms with Crippen LogP contribution in [0.3, 0.4) is 0 Å². The summed E-state index contributed by atoms with van der Waals surface area (Å²) in [5.41, 5.74) is 0.957. The van der Waals surface area contributed by atoms with Crippen LogP contribution >= 0.6 is 0 Å². The fraction of sp³-hybridized carbons (Fsp3) is 0.462. The highest BCUT2D eigenvalue weighted by molar-refractivity contribution is 7.92. The van der Waals surface area contributed by atoms with E-state index in [4.69, 9.17) is 0 Å². The maximum absolute atomic E-state index is 11.9. The van der Waals surface area contributed by atoms with Crippen molar-refractivity contribution in [2.24, 2.45) is 0 Å². The van der Waals surface area contributed by atoms with E-state index in [1.807, 2.05) is 0 Å². The fourth-order valence-corrected chi connectivity index (χ4v) is 2.51. The second kappa shape index (κ2) is 6.11. The molecule has 0 aliphatic rings. The molecule has 0 atom stereocenters. The summed E-state index contributed by atoms with van der Waals surface area (Å²) in [5, 5.41) is 2.57. The number of Topliss-reactive ketones (excluding diaryl/α,β-unsaturated/α-hetero) is 1. The van der Waals surface area contributed by atoms with Crippen LogP contribution < -0.4 is 5.32 Å². The molecular weight excluding hydrogens is 250 g/mol. The lowest BCUT2D eigenvalue weighted by molar-refractivity contribution is -0.116. The monoisotopic (exact) mass is 269 g/mol. The predicted molar refractivity (Wildman–Crippen MR) is 71.2 cm³/mol. The normalized spacial score (nSPS) is 11.8. The van der Waals surface area contributed by atoms with Gasteiger partial charge in [-0.25, -0.2) is 8.42 Å². The molecule has 5 heteroatoms. The number of sulfone groups is 1. The maximum Gasteiger partial charge on any atom is 0.180 e. The molecule has 0 saturated carbocycles. The zero-order valence-electron chi connectivity index (χ0n) is 10.9. The van der Waals surface area contributed by atoms with E-state index in [9.17, 15) is 13.2 Å². The highest BCUT2D eigenvalue weighted by Crippen LogP contribution is 2.16.